The summed E-state index contributed by atoms with van der Waals surface area (Å²) in [5.74, 6) is 0. The number of nitrogens with zero attached hydrogens (tertiary/aromatic N) is 4. The lowest BCUT2D eigenvalue weighted by atomic mass is 9.71. The zero-order valence-corrected chi connectivity index (χ0v) is 34.2. The second kappa shape index (κ2) is 18.0. The number of H-pyrrole nitrogens is 2. The van der Waals surface area contributed by atoms with Gasteiger partial charge in [0.25, 0.3) is 0 Å². The highest BCUT2D eigenvalue weighted by Gasteiger charge is 2.52. The van der Waals surface area contributed by atoms with E-state index in [2.05, 4.69) is 97.6 Å². The molecule has 4 aromatic heterocycles. The van der Waals surface area contributed by atoms with Crippen molar-refractivity contribution in [2.24, 2.45) is 0 Å². The van der Waals surface area contributed by atoms with Crippen LogP contribution in [0.2, 0.25) is 0 Å². The van der Waals surface area contributed by atoms with Crippen molar-refractivity contribution in [1.29, 1.82) is 0 Å². The normalized spacial score (nSPS) is 25.1. The molecule has 0 spiro atoms. The summed E-state index contributed by atoms with van der Waals surface area (Å²) in [4.78, 5) is 20.0. The Morgan fingerprint density at radius 3 is 1.87 bits per heavy atom. The number of hydrogen-bond donors (Lipinski definition) is 2. The van der Waals surface area contributed by atoms with Crippen LogP contribution in [0.3, 0.4) is 0 Å². The predicted octanol–water partition coefficient (Wildman–Crippen LogP) is 8.37. The molecule has 290 valence electrons. The Bertz CT molecular complexity index is 1860. The molecule has 2 aliphatic carbocycles. The van der Waals surface area contributed by atoms with E-state index in [0.717, 1.165) is 92.8 Å². The lowest BCUT2D eigenvalue weighted by molar-refractivity contribution is 0.00578. The third-order valence-corrected chi connectivity index (χ3v) is 12.5. The quantitative estimate of drug-likeness (QED) is 0.199. The standard InChI is InChI=1S/C18H23N3O.C17H30BNO3.C7H5BrN2/c1-8-21(9-11-22-10-1)17-4-2-14(3-5-17)16-12-15-6-7-19-18(15)20-13-16;1-16(2)17(3,4)22-18(21-16)14-6-8-15(9-7-14)19-10-5-12-20-13-11-19;8-6-3-5-1-2-9-7(5)10-4-6/h2,6-7,12-13,17H,1,3-5,8-11H2,(H,19,20);6,15H,5,7-13H2,1-4H3;1-4H,(H,9,10). The van der Waals surface area contributed by atoms with Gasteiger partial charge in [0.15, 0.2) is 0 Å². The van der Waals surface area contributed by atoms with Crippen LogP contribution in [0.1, 0.15) is 84.6 Å². The summed E-state index contributed by atoms with van der Waals surface area (Å²) >= 11 is 3.34. The van der Waals surface area contributed by atoms with E-state index in [4.69, 9.17) is 18.8 Å². The molecule has 3 fully saturated rings. The summed E-state index contributed by atoms with van der Waals surface area (Å²) in [6.07, 6.45) is 21.7. The van der Waals surface area contributed by atoms with Crippen molar-refractivity contribution in [3.8, 4) is 0 Å². The van der Waals surface area contributed by atoms with Crippen molar-refractivity contribution in [3.05, 3.63) is 76.7 Å². The molecule has 2 N–H and O–H groups in total. The van der Waals surface area contributed by atoms with Gasteiger partial charge < -0.3 is 28.8 Å². The van der Waals surface area contributed by atoms with Crippen LogP contribution in [-0.4, -0.2) is 113 Å². The molecule has 0 saturated carbocycles. The molecule has 2 atom stereocenters. The number of aromatic amines is 2. The van der Waals surface area contributed by atoms with Gasteiger partial charge in [-0.2, -0.15) is 0 Å². The summed E-state index contributed by atoms with van der Waals surface area (Å²) in [7, 11) is -0.154. The number of aromatic nitrogens is 4. The minimum atomic E-state index is -0.239. The minimum Gasteiger partial charge on any atom is -0.400 e. The average molecular weight is 802 g/mol. The van der Waals surface area contributed by atoms with Crippen LogP contribution in [-0.2, 0) is 18.8 Å². The molecule has 9 rings (SSSR count). The lowest BCUT2D eigenvalue weighted by Gasteiger charge is -2.32. The van der Waals surface area contributed by atoms with Gasteiger partial charge in [0, 0.05) is 91.5 Å². The topological polar surface area (TPSA) is 101 Å². The fourth-order valence-corrected chi connectivity index (χ4v) is 8.43. The number of fused-ring (bicyclic) bond motifs is 2. The lowest BCUT2D eigenvalue weighted by Crippen LogP contribution is -2.41. The van der Waals surface area contributed by atoms with Crippen molar-refractivity contribution in [2.45, 2.75) is 102 Å². The second-order valence-corrected chi connectivity index (χ2v) is 17.1. The van der Waals surface area contributed by atoms with Crippen LogP contribution >= 0.6 is 15.9 Å². The van der Waals surface area contributed by atoms with Gasteiger partial charge in [-0.3, -0.25) is 9.80 Å². The minimum absolute atomic E-state index is 0.154. The number of allylic oxidation sites excluding steroid dienone is 2. The predicted molar refractivity (Wildman–Crippen MR) is 221 cm³/mol. The number of rotatable bonds is 4. The number of halogens is 1. The van der Waals surface area contributed by atoms with E-state index in [-0.39, 0.29) is 18.3 Å². The average Bonchev–Trinajstić information content (AvgIpc) is 3.73. The van der Waals surface area contributed by atoms with E-state index < -0.39 is 0 Å². The molecule has 10 nitrogen and oxygen atoms in total. The first-order valence-corrected chi connectivity index (χ1v) is 20.8. The number of nitrogens with one attached hydrogen (secondary N) is 2. The summed E-state index contributed by atoms with van der Waals surface area (Å²) < 4.78 is 24.5. The Balaban J connectivity index is 0.000000134. The molecule has 12 heteroatoms. The molecule has 0 radical (unpaired) electrons. The van der Waals surface area contributed by atoms with E-state index in [0.29, 0.717) is 12.1 Å². The fourth-order valence-electron chi connectivity index (χ4n) is 8.08. The Morgan fingerprint density at radius 1 is 0.722 bits per heavy atom. The largest absolute Gasteiger partial charge is 0.490 e. The Hall–Kier alpha value is -2.84. The van der Waals surface area contributed by atoms with E-state index in [1.807, 2.05) is 30.7 Å². The third kappa shape index (κ3) is 9.75. The van der Waals surface area contributed by atoms with E-state index in [1.54, 1.807) is 6.20 Å². The summed E-state index contributed by atoms with van der Waals surface area (Å²) in [6.45, 7) is 16.6. The molecule has 0 amide bonds. The first-order valence-electron chi connectivity index (χ1n) is 20.0. The highest BCUT2D eigenvalue weighted by molar-refractivity contribution is 9.10. The number of hydrogen-bond acceptors (Lipinski definition) is 8. The molecule has 54 heavy (non-hydrogen) atoms. The first kappa shape index (κ1) is 39.4. The maximum Gasteiger partial charge on any atom is 0.490 e. The van der Waals surface area contributed by atoms with Gasteiger partial charge in [0.05, 0.1) is 24.4 Å². The summed E-state index contributed by atoms with van der Waals surface area (Å²) in [5.41, 5.74) is 5.50. The van der Waals surface area contributed by atoms with Crippen molar-refractivity contribution in [1.82, 2.24) is 29.7 Å². The summed E-state index contributed by atoms with van der Waals surface area (Å²) in [5, 5.41) is 2.33. The van der Waals surface area contributed by atoms with Crippen molar-refractivity contribution >= 4 is 50.7 Å². The van der Waals surface area contributed by atoms with Gasteiger partial charge in [-0.1, -0.05) is 12.2 Å². The monoisotopic (exact) mass is 800 g/mol. The Kier molecular flexibility index (Phi) is 13.1. The highest BCUT2D eigenvalue weighted by atomic mass is 79.9. The molecule has 0 aromatic carbocycles. The van der Waals surface area contributed by atoms with Crippen molar-refractivity contribution < 1.29 is 18.8 Å². The van der Waals surface area contributed by atoms with Crippen LogP contribution in [0.25, 0.3) is 27.6 Å². The van der Waals surface area contributed by atoms with Crippen LogP contribution in [0.5, 0.6) is 0 Å². The van der Waals surface area contributed by atoms with Crippen LogP contribution in [0.15, 0.2) is 71.2 Å². The SMILES string of the molecule is Brc1cnc2[nH]ccc2c1.C1=C(c2cnc3[nH]ccc3c2)CCC(N2CCCOCC2)C1.CC1(C)OB(C2=CCC(N3CCCOCC3)CC2)OC1(C)C. The summed E-state index contributed by atoms with van der Waals surface area (Å²) in [6, 6.07) is 9.72. The Morgan fingerprint density at radius 2 is 1.30 bits per heavy atom. The van der Waals surface area contributed by atoms with Crippen LogP contribution < -0.4 is 0 Å². The van der Waals surface area contributed by atoms with E-state index >= 15 is 0 Å². The van der Waals surface area contributed by atoms with Crippen molar-refractivity contribution in [3.63, 3.8) is 0 Å². The molecule has 3 aliphatic heterocycles. The molecule has 7 heterocycles. The van der Waals surface area contributed by atoms with Gasteiger partial charge in [0.2, 0.25) is 0 Å². The molecule has 5 aliphatic rings. The van der Waals surface area contributed by atoms with Gasteiger partial charge in [0.1, 0.15) is 11.3 Å². The maximum absolute atomic E-state index is 6.18. The van der Waals surface area contributed by atoms with E-state index in [1.165, 1.54) is 54.3 Å². The second-order valence-electron chi connectivity index (χ2n) is 16.2. The van der Waals surface area contributed by atoms with Crippen LogP contribution in [0.4, 0.5) is 0 Å². The third-order valence-electron chi connectivity index (χ3n) is 12.0. The van der Waals surface area contributed by atoms with Gasteiger partial charge in [-0.05, 0) is 136 Å². The highest BCUT2D eigenvalue weighted by Crippen LogP contribution is 2.40. The van der Waals surface area contributed by atoms with E-state index in [9.17, 15) is 0 Å². The zero-order valence-electron chi connectivity index (χ0n) is 32.6. The fraction of sp³-hybridized carbons (Fsp3) is 0.571. The molecule has 3 saturated heterocycles. The number of pyridine rings is 2. The van der Waals surface area contributed by atoms with Crippen molar-refractivity contribution in [2.75, 3.05) is 52.6 Å². The Labute approximate surface area is 329 Å². The van der Waals surface area contributed by atoms with Gasteiger partial charge in [-0.15, -0.1) is 0 Å². The smallest absolute Gasteiger partial charge is 0.400 e. The number of ether oxygens (including phenoxy) is 2. The van der Waals surface area contributed by atoms with Gasteiger partial charge >= 0.3 is 7.12 Å². The molecular weight excluding hydrogens is 743 g/mol. The molecular formula is C42H58BBrN6O4. The van der Waals surface area contributed by atoms with Gasteiger partial charge in [-0.25, -0.2) is 9.97 Å². The first-order chi connectivity index (χ1) is 26.1. The zero-order chi connectivity index (χ0) is 37.5. The molecule has 4 aromatic rings. The maximum atomic E-state index is 6.18. The molecule has 0 bridgehead atoms. The molecule has 2 unspecified atom stereocenters. The van der Waals surface area contributed by atoms with Crippen LogP contribution in [0, 0.1) is 0 Å².